The van der Waals surface area contributed by atoms with Gasteiger partial charge in [-0.3, -0.25) is 4.98 Å². The average Bonchev–Trinajstić information content (AvgIpc) is 2.56. The van der Waals surface area contributed by atoms with Crippen molar-refractivity contribution in [1.82, 2.24) is 20.2 Å². The van der Waals surface area contributed by atoms with E-state index >= 15 is 0 Å². The molecule has 0 atom stereocenters. The maximum absolute atomic E-state index is 6.34. The summed E-state index contributed by atoms with van der Waals surface area (Å²) in [6.45, 7) is 1.84. The summed E-state index contributed by atoms with van der Waals surface area (Å²) in [6.07, 6.45) is 3.17. The van der Waals surface area contributed by atoms with Crippen molar-refractivity contribution in [3.63, 3.8) is 0 Å². The number of aromatic nitrogens is 4. The van der Waals surface area contributed by atoms with E-state index in [9.17, 15) is 0 Å². The van der Waals surface area contributed by atoms with Gasteiger partial charge in [0.25, 0.3) is 0 Å². The Labute approximate surface area is 153 Å². The van der Waals surface area contributed by atoms with Crippen LogP contribution in [0.15, 0.2) is 30.6 Å². The van der Waals surface area contributed by atoms with Crippen molar-refractivity contribution in [2.45, 2.75) is 6.92 Å². The van der Waals surface area contributed by atoms with Crippen LogP contribution in [-0.2, 0) is 0 Å². The lowest BCUT2D eigenvalue weighted by Crippen LogP contribution is -2.02. The summed E-state index contributed by atoms with van der Waals surface area (Å²) in [5, 5.41) is 9.46. The molecule has 5 nitrogen and oxygen atoms in total. The molecule has 0 radical (unpaired) electrons. The van der Waals surface area contributed by atoms with E-state index in [0.29, 0.717) is 38.0 Å². The van der Waals surface area contributed by atoms with Crippen LogP contribution in [0, 0.1) is 6.92 Å². The molecule has 0 fully saturated rings. The molecule has 0 saturated heterocycles. The fourth-order valence-electron chi connectivity index (χ4n) is 2.35. The lowest BCUT2D eigenvalue weighted by molar-refractivity contribution is 0.393. The molecule has 0 aliphatic rings. The smallest absolute Gasteiger partial charge is 0.243 e. The predicted octanol–water partition coefficient (Wildman–Crippen LogP) is 4.88. The normalized spacial score (nSPS) is 10.7. The minimum absolute atomic E-state index is 0.308. The van der Waals surface area contributed by atoms with Crippen molar-refractivity contribution >= 4 is 34.8 Å². The van der Waals surface area contributed by atoms with Crippen molar-refractivity contribution in [2.24, 2.45) is 0 Å². The van der Waals surface area contributed by atoms with E-state index in [1.165, 1.54) is 13.3 Å². The zero-order chi connectivity index (χ0) is 17.3. The van der Waals surface area contributed by atoms with Crippen molar-refractivity contribution in [2.75, 3.05) is 7.11 Å². The van der Waals surface area contributed by atoms with Crippen LogP contribution in [0.3, 0.4) is 0 Å². The molecule has 3 aromatic rings. The van der Waals surface area contributed by atoms with Crippen LogP contribution in [0.4, 0.5) is 0 Å². The zero-order valence-electron chi connectivity index (χ0n) is 12.7. The molecule has 0 saturated carbocycles. The van der Waals surface area contributed by atoms with Gasteiger partial charge in [-0.25, -0.2) is 4.98 Å². The Hall–Kier alpha value is -1.95. The second kappa shape index (κ2) is 6.89. The molecule has 3 rings (SSSR count). The number of ether oxygens (including phenoxy) is 1. The monoisotopic (exact) mass is 380 g/mol. The second-order valence-corrected chi connectivity index (χ2v) is 6.13. The third-order valence-electron chi connectivity index (χ3n) is 3.37. The number of aryl methyl sites for hydroxylation is 1. The van der Waals surface area contributed by atoms with Gasteiger partial charge in [-0.2, -0.15) is 5.10 Å². The largest absolute Gasteiger partial charge is 0.479 e. The minimum Gasteiger partial charge on any atom is -0.479 e. The maximum Gasteiger partial charge on any atom is 0.243 e. The van der Waals surface area contributed by atoms with Crippen LogP contribution in [0.25, 0.3) is 22.4 Å². The molecule has 24 heavy (non-hydrogen) atoms. The fourth-order valence-corrected chi connectivity index (χ4v) is 2.93. The summed E-state index contributed by atoms with van der Waals surface area (Å²) < 4.78 is 5.37. The lowest BCUT2D eigenvalue weighted by atomic mass is 9.98. The molecule has 0 aliphatic heterocycles. The molecule has 0 spiro atoms. The highest BCUT2D eigenvalue weighted by Crippen LogP contribution is 2.41. The highest BCUT2D eigenvalue weighted by Gasteiger charge is 2.22. The Balaban J connectivity index is 2.34. The van der Waals surface area contributed by atoms with Gasteiger partial charge in [0.1, 0.15) is 5.15 Å². The first-order chi connectivity index (χ1) is 11.5. The topological polar surface area (TPSA) is 60.8 Å². The van der Waals surface area contributed by atoms with Crippen LogP contribution < -0.4 is 4.74 Å². The van der Waals surface area contributed by atoms with E-state index in [0.717, 1.165) is 11.1 Å². The first-order valence-corrected chi connectivity index (χ1v) is 7.99. The molecule has 0 N–H and O–H groups in total. The Morgan fingerprint density at radius 2 is 1.75 bits per heavy atom. The van der Waals surface area contributed by atoms with Crippen LogP contribution in [0.5, 0.6) is 5.88 Å². The maximum atomic E-state index is 6.34. The molecule has 0 aromatic carbocycles. The molecule has 0 aliphatic carbocycles. The standard InChI is InChI=1S/C16H11Cl3N4O/c1-8-13(9-3-4-12(19)20-6-9)14(16(24-2)23-22-8)15-11(18)5-10(17)7-21-15/h3-7H,1-2H3. The number of hydrogen-bond donors (Lipinski definition) is 0. The highest BCUT2D eigenvalue weighted by molar-refractivity contribution is 6.36. The molecule has 0 bridgehead atoms. The quantitative estimate of drug-likeness (QED) is 0.605. The van der Waals surface area contributed by atoms with Crippen molar-refractivity contribution in [3.8, 4) is 28.3 Å². The summed E-state index contributed by atoms with van der Waals surface area (Å²) in [4.78, 5) is 8.47. The number of rotatable bonds is 3. The zero-order valence-corrected chi connectivity index (χ0v) is 15.0. The molecular weight excluding hydrogens is 371 g/mol. The number of halogens is 3. The number of pyridine rings is 2. The van der Waals surface area contributed by atoms with Crippen LogP contribution >= 0.6 is 34.8 Å². The van der Waals surface area contributed by atoms with E-state index < -0.39 is 0 Å². The van der Waals surface area contributed by atoms with Crippen molar-refractivity contribution in [1.29, 1.82) is 0 Å². The molecule has 0 amide bonds. The molecule has 8 heteroatoms. The SMILES string of the molecule is COc1nnc(C)c(-c2ccc(Cl)nc2)c1-c1ncc(Cl)cc1Cl. The van der Waals surface area contributed by atoms with Gasteiger partial charge in [0.15, 0.2) is 0 Å². The van der Waals surface area contributed by atoms with Crippen molar-refractivity contribution < 1.29 is 4.74 Å². The molecular formula is C16H11Cl3N4O. The Morgan fingerprint density at radius 3 is 2.38 bits per heavy atom. The number of hydrogen-bond acceptors (Lipinski definition) is 5. The minimum atomic E-state index is 0.308. The van der Waals surface area contributed by atoms with Gasteiger partial charge in [0, 0.05) is 23.5 Å². The van der Waals surface area contributed by atoms with Crippen molar-refractivity contribution in [3.05, 3.63) is 51.5 Å². The Morgan fingerprint density at radius 1 is 0.958 bits per heavy atom. The van der Waals surface area contributed by atoms with E-state index in [2.05, 4.69) is 20.2 Å². The van der Waals surface area contributed by atoms with Gasteiger partial charge in [-0.15, -0.1) is 5.10 Å². The van der Waals surface area contributed by atoms with Gasteiger partial charge in [-0.05, 0) is 25.1 Å². The van der Waals surface area contributed by atoms with Crippen LogP contribution in [0.1, 0.15) is 5.69 Å². The molecule has 3 heterocycles. The van der Waals surface area contributed by atoms with E-state index in [-0.39, 0.29) is 0 Å². The third kappa shape index (κ3) is 3.15. The summed E-state index contributed by atoms with van der Waals surface area (Å²) >= 11 is 18.2. The summed E-state index contributed by atoms with van der Waals surface area (Å²) in [6, 6.07) is 5.15. The van der Waals surface area contributed by atoms with Gasteiger partial charge in [0.05, 0.1) is 34.1 Å². The van der Waals surface area contributed by atoms with Gasteiger partial charge in [-0.1, -0.05) is 34.8 Å². The van der Waals surface area contributed by atoms with E-state index in [1.54, 1.807) is 18.3 Å². The van der Waals surface area contributed by atoms with Crippen LogP contribution in [0.2, 0.25) is 15.2 Å². The lowest BCUT2D eigenvalue weighted by Gasteiger charge is -2.15. The highest BCUT2D eigenvalue weighted by atomic mass is 35.5. The van der Waals surface area contributed by atoms with E-state index in [1.807, 2.05) is 13.0 Å². The van der Waals surface area contributed by atoms with Gasteiger partial charge >= 0.3 is 0 Å². The second-order valence-electron chi connectivity index (χ2n) is 4.90. The Kier molecular flexibility index (Phi) is 4.85. The molecule has 122 valence electrons. The first kappa shape index (κ1) is 16.9. The third-order valence-corrected chi connectivity index (χ3v) is 4.09. The first-order valence-electron chi connectivity index (χ1n) is 6.86. The molecule has 3 aromatic heterocycles. The molecule has 0 unspecified atom stereocenters. The van der Waals surface area contributed by atoms with E-state index in [4.69, 9.17) is 39.5 Å². The Bertz CT molecular complexity index is 901. The predicted molar refractivity (Wildman–Crippen MR) is 94.8 cm³/mol. The number of nitrogens with zero attached hydrogens (tertiary/aromatic N) is 4. The summed E-state index contributed by atoms with van der Waals surface area (Å²) in [5.41, 5.74) is 3.37. The fraction of sp³-hybridized carbons (Fsp3) is 0.125. The van der Waals surface area contributed by atoms with Gasteiger partial charge < -0.3 is 4.74 Å². The summed E-state index contributed by atoms with van der Waals surface area (Å²) in [7, 11) is 1.51. The van der Waals surface area contributed by atoms with Crippen LogP contribution in [-0.4, -0.2) is 27.3 Å². The summed E-state index contributed by atoms with van der Waals surface area (Å²) in [5.74, 6) is 0.308. The average molecular weight is 382 g/mol. The van der Waals surface area contributed by atoms with Gasteiger partial charge in [0.2, 0.25) is 5.88 Å². The number of methoxy groups -OCH3 is 1.